The van der Waals surface area contributed by atoms with Crippen molar-refractivity contribution in [2.45, 2.75) is 85.7 Å². The zero-order valence-corrected chi connectivity index (χ0v) is 23.0. The summed E-state index contributed by atoms with van der Waals surface area (Å²) in [5, 5.41) is 8.78. The van der Waals surface area contributed by atoms with Gasteiger partial charge in [-0.1, -0.05) is 0 Å². The Kier molecular flexibility index (Phi) is 12.3. The summed E-state index contributed by atoms with van der Waals surface area (Å²) in [5.74, 6) is -53.0. The number of alkyl halides is 19. The highest BCUT2D eigenvalue weighted by atomic mass is 19.4. The minimum atomic E-state index is -9.09. The number of unbranched alkanes of at least 4 members (excludes halogenated alkanes) is 2. The number of rotatable bonds is 17. The Labute approximate surface area is 254 Å². The van der Waals surface area contributed by atoms with E-state index in [9.17, 15) is 93.0 Å². The molecule has 48 heavy (non-hydrogen) atoms. The van der Waals surface area contributed by atoms with E-state index in [4.69, 9.17) is 9.84 Å². The Morgan fingerprint density at radius 1 is 0.562 bits per heavy atom. The maximum absolute atomic E-state index is 13.9. The molecular weight excluding hydrogens is 729 g/mol. The third-order valence-corrected chi connectivity index (χ3v) is 6.32. The van der Waals surface area contributed by atoms with E-state index in [1.54, 1.807) is 0 Å². The van der Waals surface area contributed by atoms with Crippen LogP contribution in [-0.2, 0) is 9.53 Å². The summed E-state index contributed by atoms with van der Waals surface area (Å²) in [6.07, 6.45) is -20.2. The average Bonchev–Trinajstić information content (AvgIpc) is 2.92. The van der Waals surface area contributed by atoms with Gasteiger partial charge in [0.05, 0.1) is 25.2 Å². The fraction of sp³-hybridized carbons (Fsp3) is 0.667. The van der Waals surface area contributed by atoms with E-state index in [-0.39, 0.29) is 37.2 Å². The number of carboxylic acid groups (broad SMARTS) is 1. The summed E-state index contributed by atoms with van der Waals surface area (Å²) in [5.41, 5.74) is -8.86. The van der Waals surface area contributed by atoms with Crippen LogP contribution in [0, 0.1) is 0 Å². The van der Waals surface area contributed by atoms with Gasteiger partial charge in [-0.25, -0.2) is 9.18 Å². The average molecular weight is 748 g/mol. The normalized spacial score (nSPS) is 14.6. The lowest BCUT2D eigenvalue weighted by atomic mass is 9.83. The molecule has 0 saturated heterocycles. The Morgan fingerprint density at radius 3 is 1.44 bits per heavy atom. The van der Waals surface area contributed by atoms with Crippen molar-refractivity contribution >= 4 is 11.9 Å². The zero-order valence-electron chi connectivity index (χ0n) is 23.0. The minimum Gasteiger partial charge on any atom is -0.494 e. The molecule has 5 nitrogen and oxygen atoms in total. The highest BCUT2D eigenvalue weighted by Crippen LogP contribution is 2.66. The van der Waals surface area contributed by atoms with Crippen molar-refractivity contribution in [3.63, 3.8) is 0 Å². The molecule has 0 aliphatic heterocycles. The van der Waals surface area contributed by atoms with Gasteiger partial charge in [0, 0.05) is 6.42 Å². The molecule has 0 fully saturated rings. The molecule has 1 N–H and O–H groups in total. The molecule has 0 aliphatic carbocycles. The molecule has 278 valence electrons. The Morgan fingerprint density at radius 2 is 1.00 bits per heavy atom. The molecule has 1 aromatic rings. The van der Waals surface area contributed by atoms with E-state index in [1.807, 2.05) is 0 Å². The van der Waals surface area contributed by atoms with Gasteiger partial charge >= 0.3 is 65.5 Å². The van der Waals surface area contributed by atoms with Crippen LogP contribution in [0.1, 0.15) is 42.5 Å². The minimum absolute atomic E-state index is 0.0225. The van der Waals surface area contributed by atoms with Crippen LogP contribution >= 0.6 is 0 Å². The lowest BCUT2D eigenvalue weighted by molar-refractivity contribution is -0.472. The number of aromatic carboxylic acids is 1. The van der Waals surface area contributed by atoms with Crippen molar-refractivity contribution < 1.29 is 108 Å². The molecule has 24 heteroatoms. The van der Waals surface area contributed by atoms with Crippen molar-refractivity contribution in [2.75, 3.05) is 13.2 Å². The first-order chi connectivity index (χ1) is 21.3. The van der Waals surface area contributed by atoms with Crippen LogP contribution in [0.25, 0.3) is 0 Å². The molecule has 0 bridgehead atoms. The van der Waals surface area contributed by atoms with Crippen LogP contribution < -0.4 is 4.74 Å². The number of carboxylic acids is 1. The van der Waals surface area contributed by atoms with E-state index in [2.05, 4.69) is 4.74 Å². The van der Waals surface area contributed by atoms with Crippen molar-refractivity contribution in [1.82, 2.24) is 0 Å². The van der Waals surface area contributed by atoms with Crippen LogP contribution in [0.15, 0.2) is 24.3 Å². The summed E-state index contributed by atoms with van der Waals surface area (Å²) in [4.78, 5) is 22.3. The molecule has 0 spiro atoms. The second-order valence-corrected chi connectivity index (χ2v) is 9.69. The number of carbonyl (C=O) groups excluding carboxylic acids is 1. The predicted octanol–water partition coefficient (Wildman–Crippen LogP) is 8.90. The Hall–Kier alpha value is -3.37. The van der Waals surface area contributed by atoms with E-state index >= 15 is 0 Å². The largest absolute Gasteiger partial charge is 0.494 e. The summed E-state index contributed by atoms with van der Waals surface area (Å²) in [7, 11) is 0. The lowest BCUT2D eigenvalue weighted by Crippen LogP contribution is -2.77. The second-order valence-electron chi connectivity index (χ2n) is 9.69. The van der Waals surface area contributed by atoms with Crippen LogP contribution in [0.2, 0.25) is 0 Å². The van der Waals surface area contributed by atoms with Gasteiger partial charge in [-0.15, -0.1) is 0 Å². The third-order valence-electron chi connectivity index (χ3n) is 6.32. The zero-order chi connectivity index (χ0) is 38.0. The van der Waals surface area contributed by atoms with Gasteiger partial charge in [-0.2, -0.15) is 79.0 Å². The second kappa shape index (κ2) is 13.9. The molecule has 0 radical (unpaired) electrons. The molecule has 0 atom stereocenters. The Balaban J connectivity index is 2.91. The maximum atomic E-state index is 13.9. The van der Waals surface area contributed by atoms with Gasteiger partial charge in [0.25, 0.3) is 0 Å². The van der Waals surface area contributed by atoms with E-state index in [0.29, 0.717) is 0 Å². The fourth-order valence-corrected chi connectivity index (χ4v) is 3.51. The van der Waals surface area contributed by atoms with Gasteiger partial charge in [-0.05, 0) is 43.5 Å². The lowest BCUT2D eigenvalue weighted by Gasteiger charge is -2.45. The maximum Gasteiger partial charge on any atom is 0.438 e. The fourth-order valence-electron chi connectivity index (χ4n) is 3.51. The van der Waals surface area contributed by atoms with Gasteiger partial charge in [0.2, 0.25) is 0 Å². The molecular formula is C24H19F19O5. The molecule has 0 heterocycles. The predicted molar refractivity (Wildman–Crippen MR) is 119 cm³/mol. The molecule has 1 rings (SSSR count). The summed E-state index contributed by atoms with van der Waals surface area (Å²) in [6, 6.07) is 5.01. The van der Waals surface area contributed by atoms with Gasteiger partial charge in [-0.3, -0.25) is 4.79 Å². The van der Waals surface area contributed by atoms with E-state index < -0.39 is 84.9 Å². The van der Waals surface area contributed by atoms with Gasteiger partial charge in [0.1, 0.15) is 5.75 Å². The van der Waals surface area contributed by atoms with Crippen LogP contribution in [0.4, 0.5) is 83.4 Å². The number of ether oxygens (including phenoxy) is 2. The summed E-state index contributed by atoms with van der Waals surface area (Å²) >= 11 is 0. The SMILES string of the molecule is O=C(CCCCCOc1ccc(C(=O)O)cc1)OCCC(F)(F)C(F)(F)C(F)(F)C(F)(F)C(F)(F)C(F)(F)C(F)(C(F)(F)F)C(F)(F)F. The van der Waals surface area contributed by atoms with Crippen molar-refractivity contribution in [2.24, 2.45) is 0 Å². The van der Waals surface area contributed by atoms with Crippen molar-refractivity contribution in [3.8, 4) is 5.75 Å². The highest BCUT2D eigenvalue weighted by molar-refractivity contribution is 5.87. The molecule has 0 amide bonds. The standard InChI is InChI=1S/C24H19F19O5/c25-16(26,9-11-48-14(44)4-2-1-3-10-47-13-7-5-12(6-8-13)15(45)46)18(28,29)20(32,33)22(36,37)21(34,35)19(30,31)17(27,23(38,39)40)24(41,42)43/h5-8H,1-4,9-11H2,(H,45,46). The smallest absolute Gasteiger partial charge is 0.438 e. The number of benzene rings is 1. The molecule has 0 unspecified atom stereocenters. The number of esters is 1. The van der Waals surface area contributed by atoms with Crippen molar-refractivity contribution in [1.29, 1.82) is 0 Å². The monoisotopic (exact) mass is 748 g/mol. The number of carbonyl (C=O) groups is 2. The Bertz CT molecular complexity index is 1240. The molecule has 0 aromatic heterocycles. The number of hydrogen-bond acceptors (Lipinski definition) is 4. The third kappa shape index (κ3) is 7.59. The molecule has 0 aliphatic rings. The number of halogens is 19. The summed E-state index contributed by atoms with van der Waals surface area (Å²) < 4.78 is 264. The van der Waals surface area contributed by atoms with E-state index in [0.717, 1.165) is 0 Å². The van der Waals surface area contributed by atoms with Crippen LogP contribution in [0.5, 0.6) is 5.75 Å². The van der Waals surface area contributed by atoms with Crippen LogP contribution in [-0.4, -0.2) is 83.8 Å². The highest BCUT2D eigenvalue weighted by Gasteiger charge is 2.98. The topological polar surface area (TPSA) is 72.8 Å². The van der Waals surface area contributed by atoms with Crippen LogP contribution in [0.3, 0.4) is 0 Å². The number of hydrogen-bond donors (Lipinski definition) is 1. The van der Waals surface area contributed by atoms with Crippen molar-refractivity contribution in [3.05, 3.63) is 29.8 Å². The first-order valence-electron chi connectivity index (χ1n) is 12.5. The molecule has 0 saturated carbocycles. The molecule has 1 aromatic carbocycles. The van der Waals surface area contributed by atoms with Gasteiger partial charge < -0.3 is 14.6 Å². The first kappa shape index (κ1) is 42.7. The first-order valence-corrected chi connectivity index (χ1v) is 12.5. The summed E-state index contributed by atoms with van der Waals surface area (Å²) in [6.45, 7) is -2.11. The van der Waals surface area contributed by atoms with E-state index in [1.165, 1.54) is 24.3 Å². The van der Waals surface area contributed by atoms with Gasteiger partial charge in [0.15, 0.2) is 0 Å². The quantitative estimate of drug-likeness (QED) is 0.0980.